The van der Waals surface area contributed by atoms with Crippen molar-refractivity contribution in [2.75, 3.05) is 0 Å². The second-order valence-corrected chi connectivity index (χ2v) is 0.577. The summed E-state index contributed by atoms with van der Waals surface area (Å²) in [7, 11) is 0. The summed E-state index contributed by atoms with van der Waals surface area (Å²) in [6.45, 7) is 4.00. The molecule has 0 amide bonds. The second kappa shape index (κ2) is 9.51. The molecule has 0 bridgehead atoms. The van der Waals surface area contributed by atoms with Gasteiger partial charge in [-0.15, -0.1) is 0 Å². The Balaban J connectivity index is 0. The zero-order chi connectivity index (χ0) is 2.71. The zero-order valence-electron chi connectivity index (χ0n) is 2.58. The van der Waals surface area contributed by atoms with E-state index in [0.29, 0.717) is 0 Å². The molecule has 0 saturated carbocycles. The molecule has 0 aliphatic carbocycles. The summed E-state index contributed by atoms with van der Waals surface area (Å²) in [6.07, 6.45) is 2.00. The van der Waals surface area contributed by atoms with E-state index in [1.54, 1.807) is 0 Å². The first-order valence-corrected chi connectivity index (χ1v) is 1.15. The Bertz CT molecular complexity index is 3.25. The summed E-state index contributed by atoms with van der Waals surface area (Å²) in [4.78, 5) is 0. The van der Waals surface area contributed by atoms with Crippen LogP contribution in [0.4, 0.5) is 0 Å². The van der Waals surface area contributed by atoms with Gasteiger partial charge in [0.2, 0.25) is 0 Å². The molecule has 0 nitrogen and oxygen atoms in total. The van der Waals surface area contributed by atoms with Gasteiger partial charge in [-0.2, -0.15) is 0 Å². The van der Waals surface area contributed by atoms with Gasteiger partial charge in [-0.1, -0.05) is 13.8 Å². The first kappa shape index (κ1) is 8.82. The number of hydrogen-bond donors (Lipinski definition) is 0. The molecule has 0 aromatic heterocycles. The number of hydrogen-bond acceptors (Lipinski definition) is 0. The molecular weight excluding hydrogens is 43.0 g/mol. The van der Waals surface area contributed by atoms with Crippen molar-refractivity contribution in [2.24, 2.45) is 0 Å². The Morgan fingerprint density at radius 2 is 1.25 bits per heavy atom. The predicted molar refractivity (Wildman–Crippen MR) is 22.8 cm³/mol. The summed E-state index contributed by atoms with van der Waals surface area (Å²) in [5.74, 6) is 0. The van der Waals surface area contributed by atoms with Crippen molar-refractivity contribution in [1.82, 2.24) is 0 Å². The molecule has 0 rings (SSSR count). The van der Waals surface area contributed by atoms with Crippen molar-refractivity contribution in [3.05, 3.63) is 6.42 Å². The molecule has 0 aromatic rings. The maximum absolute atomic E-state index is 2.00. The van der Waals surface area contributed by atoms with Crippen LogP contribution >= 0.6 is 0 Å². The van der Waals surface area contributed by atoms with Crippen LogP contribution < -0.4 is 0 Å². The third-order valence-electron chi connectivity index (χ3n) is 0. The fourth-order valence-electron chi connectivity index (χ4n) is 0. The molecule has 0 aliphatic heterocycles. The molecule has 1 heteroatoms. The van der Waals surface area contributed by atoms with Crippen molar-refractivity contribution in [1.29, 1.82) is 0 Å². The van der Waals surface area contributed by atoms with E-state index < -0.39 is 0 Å². The summed E-state index contributed by atoms with van der Waals surface area (Å²) in [5.41, 5.74) is 0. The van der Waals surface area contributed by atoms with Gasteiger partial charge in [0.05, 0.1) is 0 Å². The van der Waals surface area contributed by atoms with Crippen molar-refractivity contribution in [2.45, 2.75) is 13.8 Å². The van der Waals surface area contributed by atoms with Gasteiger partial charge in [0.25, 0.3) is 0 Å². The molecular formula is C3H8Li. The van der Waals surface area contributed by atoms with Crippen molar-refractivity contribution >= 4 is 18.9 Å². The van der Waals surface area contributed by atoms with Crippen LogP contribution in [0, 0.1) is 6.42 Å². The maximum atomic E-state index is 2.00. The van der Waals surface area contributed by atoms with Crippen LogP contribution in [-0.4, -0.2) is 18.9 Å². The van der Waals surface area contributed by atoms with Crippen molar-refractivity contribution in [3.8, 4) is 0 Å². The zero-order valence-corrected chi connectivity index (χ0v) is 2.58. The average molecular weight is 51.0 g/mol. The topological polar surface area (TPSA) is 0 Å². The first-order chi connectivity index (χ1) is 1.41. The monoisotopic (exact) mass is 51.1 g/mol. The third kappa shape index (κ3) is 18.6. The Morgan fingerprint density at radius 1 is 1.25 bits per heavy atom. The second-order valence-electron chi connectivity index (χ2n) is 0.577. The fourth-order valence-corrected chi connectivity index (χ4v) is 0. The van der Waals surface area contributed by atoms with E-state index in [9.17, 15) is 0 Å². The van der Waals surface area contributed by atoms with E-state index >= 15 is 0 Å². The van der Waals surface area contributed by atoms with Gasteiger partial charge >= 0.3 is 18.9 Å². The molecule has 0 unspecified atom stereocenters. The molecule has 21 valence electrons. The molecule has 0 N–H and O–H groups in total. The molecule has 1 radical (unpaired) electrons. The van der Waals surface area contributed by atoms with Gasteiger partial charge in [-0.05, 0) is 6.42 Å². The molecule has 0 aromatic carbocycles. The standard InChI is InChI=1S/C3H7.Li.H/c1-3-2;;/h3H,1-2H3;;. The van der Waals surface area contributed by atoms with Gasteiger partial charge in [-0.25, -0.2) is 0 Å². The van der Waals surface area contributed by atoms with Crippen LogP contribution in [0.5, 0.6) is 0 Å². The van der Waals surface area contributed by atoms with E-state index in [1.807, 2.05) is 20.3 Å². The number of rotatable bonds is 0. The van der Waals surface area contributed by atoms with Crippen molar-refractivity contribution in [3.63, 3.8) is 0 Å². The van der Waals surface area contributed by atoms with Crippen LogP contribution in [0.3, 0.4) is 0 Å². The summed E-state index contributed by atoms with van der Waals surface area (Å²) in [6, 6.07) is 0. The van der Waals surface area contributed by atoms with E-state index in [-0.39, 0.29) is 18.9 Å². The Kier molecular flexibility index (Phi) is 21.0. The average Bonchev–Trinajstić information content (AvgIpc) is 0.918. The van der Waals surface area contributed by atoms with Crippen LogP contribution in [0.2, 0.25) is 0 Å². The summed E-state index contributed by atoms with van der Waals surface area (Å²) >= 11 is 0. The third-order valence-corrected chi connectivity index (χ3v) is 0. The van der Waals surface area contributed by atoms with Crippen LogP contribution in [-0.2, 0) is 0 Å². The van der Waals surface area contributed by atoms with Gasteiger partial charge < -0.3 is 0 Å². The van der Waals surface area contributed by atoms with Gasteiger partial charge in [0, 0.05) is 0 Å². The Morgan fingerprint density at radius 3 is 1.25 bits per heavy atom. The molecule has 0 atom stereocenters. The van der Waals surface area contributed by atoms with Crippen molar-refractivity contribution < 1.29 is 0 Å². The van der Waals surface area contributed by atoms with Crippen LogP contribution in [0.25, 0.3) is 0 Å². The summed E-state index contributed by atoms with van der Waals surface area (Å²) < 4.78 is 0. The molecule has 0 aliphatic rings. The molecule has 4 heavy (non-hydrogen) atoms. The van der Waals surface area contributed by atoms with E-state index in [0.717, 1.165) is 0 Å². The predicted octanol–water partition coefficient (Wildman–Crippen LogP) is 0.582. The molecule has 0 fully saturated rings. The van der Waals surface area contributed by atoms with Crippen LogP contribution in [0.15, 0.2) is 0 Å². The molecule has 0 heterocycles. The van der Waals surface area contributed by atoms with E-state index in [1.165, 1.54) is 0 Å². The van der Waals surface area contributed by atoms with Gasteiger partial charge in [0.15, 0.2) is 0 Å². The normalized spacial score (nSPS) is 4.50. The SMILES string of the molecule is C[CH]C.[LiH]. The molecule has 0 spiro atoms. The van der Waals surface area contributed by atoms with E-state index in [4.69, 9.17) is 0 Å². The van der Waals surface area contributed by atoms with Gasteiger partial charge in [-0.3, -0.25) is 0 Å². The summed E-state index contributed by atoms with van der Waals surface area (Å²) in [5, 5.41) is 0. The Labute approximate surface area is 39.8 Å². The quantitative estimate of drug-likeness (QED) is 0.353. The van der Waals surface area contributed by atoms with E-state index in [2.05, 4.69) is 0 Å². The minimum absolute atomic E-state index is 0. The first-order valence-electron chi connectivity index (χ1n) is 1.15. The van der Waals surface area contributed by atoms with Gasteiger partial charge in [0.1, 0.15) is 0 Å². The van der Waals surface area contributed by atoms with Crippen LogP contribution in [0.1, 0.15) is 13.8 Å². The fraction of sp³-hybridized carbons (Fsp3) is 0.667. The molecule has 0 saturated heterocycles. The minimum atomic E-state index is 0. The Hall–Kier alpha value is 0.597.